The fourth-order valence-electron chi connectivity index (χ4n) is 3.78. The van der Waals surface area contributed by atoms with Crippen LogP contribution in [0.15, 0.2) is 41.3 Å². The van der Waals surface area contributed by atoms with Crippen LogP contribution in [-0.4, -0.2) is 21.5 Å². The molecule has 0 N–H and O–H groups in total. The second kappa shape index (κ2) is 5.82. The third kappa shape index (κ3) is 2.23. The molecule has 0 spiro atoms. The molecule has 1 fully saturated rings. The number of carbonyl (C=O) groups excluding carboxylic acids is 1. The first kappa shape index (κ1) is 15.0. The minimum Gasteiger partial charge on any atom is -0.462 e. The molecule has 1 saturated carbocycles. The van der Waals surface area contributed by atoms with Crippen molar-refractivity contribution in [1.29, 1.82) is 0 Å². The van der Waals surface area contributed by atoms with Crippen LogP contribution >= 0.6 is 0 Å². The van der Waals surface area contributed by atoms with Crippen LogP contribution in [0.3, 0.4) is 0 Å². The molecule has 0 atom stereocenters. The molecule has 3 aromatic rings. The topological polar surface area (TPSA) is 52.7 Å². The van der Waals surface area contributed by atoms with E-state index in [2.05, 4.69) is 0 Å². The van der Waals surface area contributed by atoms with Gasteiger partial charge in [0.15, 0.2) is 0 Å². The molecule has 2 heterocycles. The van der Waals surface area contributed by atoms with E-state index in [4.69, 9.17) is 4.74 Å². The van der Waals surface area contributed by atoms with E-state index in [-0.39, 0.29) is 11.6 Å². The number of carbonyl (C=O) groups is 1. The Kier molecular flexibility index (Phi) is 3.63. The molecule has 24 heavy (non-hydrogen) atoms. The number of hydrogen-bond donors (Lipinski definition) is 0. The quantitative estimate of drug-likeness (QED) is 0.692. The Morgan fingerprint density at radius 2 is 1.88 bits per heavy atom. The van der Waals surface area contributed by atoms with Crippen molar-refractivity contribution in [2.24, 2.45) is 0 Å². The average molecular weight is 324 g/mol. The van der Waals surface area contributed by atoms with Gasteiger partial charge in [0.25, 0.3) is 5.56 Å². The Hall–Kier alpha value is -2.56. The second-order valence-corrected chi connectivity index (χ2v) is 6.31. The molecule has 0 amide bonds. The summed E-state index contributed by atoms with van der Waals surface area (Å²) in [5.41, 5.74) is 2.78. The van der Waals surface area contributed by atoms with E-state index in [1.807, 2.05) is 33.2 Å². The van der Waals surface area contributed by atoms with Crippen molar-refractivity contribution in [1.82, 2.24) is 8.97 Å². The lowest BCUT2D eigenvalue weighted by molar-refractivity contribution is 0.0526. The third-order valence-electron chi connectivity index (χ3n) is 4.86. The van der Waals surface area contributed by atoms with Crippen LogP contribution in [0.1, 0.15) is 49.0 Å². The zero-order valence-corrected chi connectivity index (χ0v) is 13.7. The Balaban J connectivity index is 2.03. The van der Waals surface area contributed by atoms with Crippen molar-refractivity contribution in [3.05, 3.63) is 52.4 Å². The van der Waals surface area contributed by atoms with Crippen molar-refractivity contribution in [3.63, 3.8) is 0 Å². The summed E-state index contributed by atoms with van der Waals surface area (Å²) in [6, 6.07) is 9.77. The molecule has 0 radical (unpaired) electrons. The molecule has 5 nitrogen and oxygen atoms in total. The maximum atomic E-state index is 13.1. The van der Waals surface area contributed by atoms with Crippen molar-refractivity contribution >= 4 is 22.5 Å². The molecule has 2 aromatic heterocycles. The van der Waals surface area contributed by atoms with E-state index in [1.165, 1.54) is 0 Å². The van der Waals surface area contributed by atoms with Gasteiger partial charge in [-0.05, 0) is 38.0 Å². The number of esters is 1. The van der Waals surface area contributed by atoms with Gasteiger partial charge in [0.1, 0.15) is 5.52 Å². The van der Waals surface area contributed by atoms with Gasteiger partial charge < -0.3 is 13.7 Å². The first-order valence-corrected chi connectivity index (χ1v) is 8.53. The van der Waals surface area contributed by atoms with E-state index in [0.29, 0.717) is 17.7 Å². The van der Waals surface area contributed by atoms with Crippen LogP contribution in [0.25, 0.3) is 16.6 Å². The van der Waals surface area contributed by atoms with Gasteiger partial charge in [-0.15, -0.1) is 0 Å². The number of nitrogens with zero attached hydrogens (tertiary/aromatic N) is 2. The normalized spacial score (nSPS) is 15.4. The first-order chi connectivity index (χ1) is 11.7. The maximum absolute atomic E-state index is 13.1. The van der Waals surface area contributed by atoms with E-state index in [9.17, 15) is 9.59 Å². The minimum atomic E-state index is -0.392. The SMILES string of the molecule is CCOC(=O)c1cc2c(=O)n(C3CCCC3)c3ccccc3n2c1. The molecular weight excluding hydrogens is 304 g/mol. The predicted molar refractivity (Wildman–Crippen MR) is 92.6 cm³/mol. The van der Waals surface area contributed by atoms with Crippen molar-refractivity contribution in [3.8, 4) is 0 Å². The number of para-hydroxylation sites is 2. The van der Waals surface area contributed by atoms with Gasteiger partial charge in [0.2, 0.25) is 0 Å². The fourth-order valence-corrected chi connectivity index (χ4v) is 3.78. The molecule has 0 bridgehead atoms. The second-order valence-electron chi connectivity index (χ2n) is 6.31. The minimum absolute atomic E-state index is 0.0313. The van der Waals surface area contributed by atoms with Crippen LogP contribution in [0.2, 0.25) is 0 Å². The Morgan fingerprint density at radius 1 is 1.17 bits per heavy atom. The molecule has 4 rings (SSSR count). The Morgan fingerprint density at radius 3 is 2.58 bits per heavy atom. The lowest BCUT2D eigenvalue weighted by Gasteiger charge is -2.18. The van der Waals surface area contributed by atoms with Gasteiger partial charge in [-0.2, -0.15) is 0 Å². The van der Waals surface area contributed by atoms with Crippen LogP contribution in [-0.2, 0) is 4.74 Å². The summed E-state index contributed by atoms with van der Waals surface area (Å²) in [7, 11) is 0. The van der Waals surface area contributed by atoms with Gasteiger partial charge >= 0.3 is 5.97 Å². The maximum Gasteiger partial charge on any atom is 0.339 e. The molecule has 1 aromatic carbocycles. The smallest absolute Gasteiger partial charge is 0.339 e. The van der Waals surface area contributed by atoms with E-state index in [0.717, 1.165) is 36.7 Å². The van der Waals surface area contributed by atoms with Gasteiger partial charge in [-0.3, -0.25) is 4.79 Å². The number of aromatic nitrogens is 2. The Labute approximate surface area is 139 Å². The molecule has 0 aliphatic heterocycles. The number of rotatable bonds is 3. The van der Waals surface area contributed by atoms with Gasteiger partial charge in [-0.1, -0.05) is 25.0 Å². The number of fused-ring (bicyclic) bond motifs is 3. The summed E-state index contributed by atoms with van der Waals surface area (Å²) in [6.45, 7) is 2.09. The van der Waals surface area contributed by atoms with Crippen LogP contribution in [0.5, 0.6) is 0 Å². The highest BCUT2D eigenvalue weighted by molar-refractivity contribution is 5.92. The van der Waals surface area contributed by atoms with Crippen LogP contribution < -0.4 is 5.56 Å². The molecule has 0 unspecified atom stereocenters. The summed E-state index contributed by atoms with van der Waals surface area (Å²) in [5, 5.41) is 0. The molecule has 5 heteroatoms. The first-order valence-electron chi connectivity index (χ1n) is 8.53. The largest absolute Gasteiger partial charge is 0.462 e. The van der Waals surface area contributed by atoms with Crippen molar-refractivity contribution in [2.45, 2.75) is 38.6 Å². The molecular formula is C19H20N2O3. The van der Waals surface area contributed by atoms with Gasteiger partial charge in [0.05, 0.1) is 23.2 Å². The standard InChI is InChI=1S/C19H20N2O3/c1-2-24-19(23)13-11-17-18(22)21(14-7-3-4-8-14)16-10-6-5-9-15(16)20(17)12-13/h5-6,9-12,14H,2-4,7-8H2,1H3. The number of ether oxygens (including phenoxy) is 1. The highest BCUT2D eigenvalue weighted by atomic mass is 16.5. The zero-order valence-electron chi connectivity index (χ0n) is 13.7. The predicted octanol–water partition coefficient (Wildman–Crippen LogP) is 3.55. The zero-order chi connectivity index (χ0) is 16.7. The summed E-state index contributed by atoms with van der Waals surface area (Å²) < 4.78 is 8.82. The lowest BCUT2D eigenvalue weighted by Crippen LogP contribution is -2.25. The van der Waals surface area contributed by atoms with E-state index < -0.39 is 5.97 Å². The number of hydrogen-bond acceptors (Lipinski definition) is 3. The van der Waals surface area contributed by atoms with Crippen molar-refractivity contribution in [2.75, 3.05) is 6.61 Å². The summed E-state index contributed by atoms with van der Waals surface area (Å²) in [5.74, 6) is -0.392. The van der Waals surface area contributed by atoms with E-state index in [1.54, 1.807) is 19.2 Å². The van der Waals surface area contributed by atoms with Crippen LogP contribution in [0.4, 0.5) is 0 Å². The molecule has 0 saturated heterocycles. The summed E-state index contributed by atoms with van der Waals surface area (Å²) >= 11 is 0. The number of benzene rings is 1. The van der Waals surface area contributed by atoms with Gasteiger partial charge in [-0.25, -0.2) is 4.79 Å². The van der Waals surface area contributed by atoms with Crippen molar-refractivity contribution < 1.29 is 9.53 Å². The average Bonchev–Trinajstić information content (AvgIpc) is 3.25. The summed E-state index contributed by atoms with van der Waals surface area (Å²) in [6.07, 6.45) is 6.09. The molecule has 1 aliphatic rings. The monoisotopic (exact) mass is 324 g/mol. The summed E-state index contributed by atoms with van der Waals surface area (Å²) in [4.78, 5) is 25.2. The fraction of sp³-hybridized carbons (Fsp3) is 0.368. The van der Waals surface area contributed by atoms with Gasteiger partial charge in [0, 0.05) is 12.2 Å². The van der Waals surface area contributed by atoms with Crippen LogP contribution in [0, 0.1) is 0 Å². The highest BCUT2D eigenvalue weighted by Gasteiger charge is 2.23. The third-order valence-corrected chi connectivity index (χ3v) is 4.86. The highest BCUT2D eigenvalue weighted by Crippen LogP contribution is 2.31. The lowest BCUT2D eigenvalue weighted by atomic mass is 10.2. The molecule has 124 valence electrons. The van der Waals surface area contributed by atoms with E-state index >= 15 is 0 Å². The molecule has 1 aliphatic carbocycles. The Bertz CT molecular complexity index is 977.